The van der Waals surface area contributed by atoms with Crippen LogP contribution in [0.3, 0.4) is 0 Å². The Morgan fingerprint density at radius 2 is 1.77 bits per heavy atom. The zero-order valence-electron chi connectivity index (χ0n) is 13.3. The van der Waals surface area contributed by atoms with Crippen LogP contribution in [0.25, 0.3) is 6.08 Å². The third-order valence-electron chi connectivity index (χ3n) is 3.32. The summed E-state index contributed by atoms with van der Waals surface area (Å²) in [5.74, 6) is -1.05. The van der Waals surface area contributed by atoms with Gasteiger partial charge in [-0.25, -0.2) is 0 Å². The van der Waals surface area contributed by atoms with Gasteiger partial charge < -0.3 is 0 Å². The zero-order valence-corrected chi connectivity index (χ0v) is 14.0. The second-order valence-corrected chi connectivity index (χ2v) is 5.82. The summed E-state index contributed by atoms with van der Waals surface area (Å²) < 4.78 is 0. The van der Waals surface area contributed by atoms with Crippen LogP contribution in [-0.4, -0.2) is 11.6 Å². The summed E-state index contributed by atoms with van der Waals surface area (Å²) in [6, 6.07) is 9.45. The number of rotatable bonds is 9. The van der Waals surface area contributed by atoms with Crippen molar-refractivity contribution in [3.63, 3.8) is 0 Å². The van der Waals surface area contributed by atoms with Gasteiger partial charge in [-0.3, -0.25) is 9.59 Å². The van der Waals surface area contributed by atoms with Gasteiger partial charge in [0, 0.05) is 16.7 Å². The summed E-state index contributed by atoms with van der Waals surface area (Å²) >= 11 is 6.03. The maximum atomic E-state index is 12.0. The molecule has 0 atom stereocenters. The number of unbranched alkanes of at least 4 members (excludes halogenated alkanes) is 3. The molecule has 0 aromatic heterocycles. The van der Waals surface area contributed by atoms with E-state index in [9.17, 15) is 9.59 Å². The molecule has 0 spiro atoms. The summed E-state index contributed by atoms with van der Waals surface area (Å²) in [6.07, 6.45) is 7.99. The Bertz CT molecular complexity index is 556. The minimum atomic E-state index is -0.551. The largest absolute Gasteiger partial charge is 0.286 e. The van der Waals surface area contributed by atoms with Crippen LogP contribution in [0.1, 0.15) is 51.5 Å². The summed E-state index contributed by atoms with van der Waals surface area (Å²) in [7, 11) is 0. The van der Waals surface area contributed by atoms with Gasteiger partial charge in [-0.15, -0.1) is 0 Å². The van der Waals surface area contributed by atoms with Crippen molar-refractivity contribution in [3.05, 3.63) is 52.6 Å². The van der Waals surface area contributed by atoms with Gasteiger partial charge in [0.25, 0.3) is 0 Å². The first-order valence-electron chi connectivity index (χ1n) is 7.72. The summed E-state index contributed by atoms with van der Waals surface area (Å²) in [6.45, 7) is 3.79. The Kier molecular flexibility index (Phi) is 8.46. The number of ketones is 2. The number of carbonyl (C=O) groups is 2. The van der Waals surface area contributed by atoms with Gasteiger partial charge in [-0.2, -0.15) is 0 Å². The molecule has 1 rings (SSSR count). The Morgan fingerprint density at radius 1 is 1.09 bits per heavy atom. The average molecular weight is 319 g/mol. The zero-order chi connectivity index (χ0) is 16.4. The molecule has 2 nitrogen and oxygen atoms in total. The second kappa shape index (κ2) is 10.1. The lowest BCUT2D eigenvalue weighted by atomic mass is 10.0. The molecule has 0 saturated heterocycles. The molecule has 0 aliphatic carbocycles. The standard InChI is InChI=1S/C19H23ClO2/c1-3-4-5-9-12-17(20)14-18(21)19(22)15(2)13-16-10-7-6-8-11-16/h6-8,10-11,13-14H,3-5,9,12H2,1-2H3/b15-13+,17-14+. The van der Waals surface area contributed by atoms with E-state index in [1.54, 1.807) is 13.0 Å². The first-order chi connectivity index (χ1) is 10.5. The van der Waals surface area contributed by atoms with E-state index in [0.717, 1.165) is 31.2 Å². The highest BCUT2D eigenvalue weighted by atomic mass is 35.5. The van der Waals surface area contributed by atoms with Gasteiger partial charge in [-0.05, 0) is 31.4 Å². The predicted molar refractivity (Wildman–Crippen MR) is 92.8 cm³/mol. The maximum Gasteiger partial charge on any atom is 0.228 e. The van der Waals surface area contributed by atoms with Crippen molar-refractivity contribution >= 4 is 29.2 Å². The highest BCUT2D eigenvalue weighted by Crippen LogP contribution is 2.15. The molecule has 3 heteroatoms. The van der Waals surface area contributed by atoms with Crippen molar-refractivity contribution in [2.24, 2.45) is 0 Å². The first kappa shape index (κ1) is 18.4. The van der Waals surface area contributed by atoms with Gasteiger partial charge in [0.15, 0.2) is 0 Å². The van der Waals surface area contributed by atoms with Gasteiger partial charge in [-0.1, -0.05) is 68.1 Å². The highest BCUT2D eigenvalue weighted by molar-refractivity contribution is 6.49. The fourth-order valence-electron chi connectivity index (χ4n) is 2.06. The van der Waals surface area contributed by atoms with E-state index in [2.05, 4.69) is 6.92 Å². The minimum Gasteiger partial charge on any atom is -0.286 e. The maximum absolute atomic E-state index is 12.0. The van der Waals surface area contributed by atoms with E-state index in [-0.39, 0.29) is 0 Å². The van der Waals surface area contributed by atoms with E-state index >= 15 is 0 Å². The fraction of sp³-hybridized carbons (Fsp3) is 0.368. The lowest BCUT2D eigenvalue weighted by molar-refractivity contribution is -0.131. The summed E-state index contributed by atoms with van der Waals surface area (Å²) in [5.41, 5.74) is 1.32. The lowest BCUT2D eigenvalue weighted by Crippen LogP contribution is -2.12. The molecule has 0 aliphatic heterocycles. The molecular formula is C19H23ClO2. The molecule has 0 saturated carbocycles. The van der Waals surface area contributed by atoms with Crippen LogP contribution < -0.4 is 0 Å². The van der Waals surface area contributed by atoms with Gasteiger partial charge in [0.2, 0.25) is 11.6 Å². The number of benzene rings is 1. The Morgan fingerprint density at radius 3 is 2.41 bits per heavy atom. The molecule has 0 fully saturated rings. The number of halogens is 1. The van der Waals surface area contributed by atoms with E-state index in [4.69, 9.17) is 11.6 Å². The molecule has 0 unspecified atom stereocenters. The number of carbonyl (C=O) groups excluding carboxylic acids is 2. The quantitative estimate of drug-likeness (QED) is 0.351. The second-order valence-electron chi connectivity index (χ2n) is 5.33. The number of Topliss-reactive ketones (excluding diaryl/α,β-unsaturated/α-hetero) is 1. The molecule has 0 heterocycles. The smallest absolute Gasteiger partial charge is 0.228 e. The van der Waals surface area contributed by atoms with Gasteiger partial charge in [0.1, 0.15) is 0 Å². The van der Waals surface area contributed by atoms with E-state index < -0.39 is 11.6 Å². The molecule has 0 aliphatic rings. The van der Waals surface area contributed by atoms with Crippen LogP contribution >= 0.6 is 11.6 Å². The fourth-order valence-corrected chi connectivity index (χ4v) is 2.29. The van der Waals surface area contributed by atoms with Crippen LogP contribution in [0.2, 0.25) is 0 Å². The highest BCUT2D eigenvalue weighted by Gasteiger charge is 2.14. The first-order valence-corrected chi connectivity index (χ1v) is 8.10. The van der Waals surface area contributed by atoms with Crippen LogP contribution in [0.4, 0.5) is 0 Å². The Hall–Kier alpha value is -1.67. The van der Waals surface area contributed by atoms with Crippen LogP contribution in [-0.2, 0) is 9.59 Å². The average Bonchev–Trinajstić information content (AvgIpc) is 2.51. The van der Waals surface area contributed by atoms with Crippen molar-refractivity contribution in [1.82, 2.24) is 0 Å². The molecule has 22 heavy (non-hydrogen) atoms. The summed E-state index contributed by atoms with van der Waals surface area (Å²) in [5, 5.41) is 0.460. The van der Waals surface area contributed by atoms with Crippen molar-refractivity contribution in [2.45, 2.75) is 46.0 Å². The molecule has 118 valence electrons. The minimum absolute atomic E-state index is 0.419. The van der Waals surface area contributed by atoms with Crippen molar-refractivity contribution in [1.29, 1.82) is 0 Å². The third-order valence-corrected chi connectivity index (χ3v) is 3.62. The molecule has 0 amide bonds. The van der Waals surface area contributed by atoms with Crippen molar-refractivity contribution in [2.75, 3.05) is 0 Å². The monoisotopic (exact) mass is 318 g/mol. The molecule has 0 bridgehead atoms. The Labute approximate surface area is 137 Å². The predicted octanol–water partition coefficient (Wildman–Crippen LogP) is 5.32. The Balaban J connectivity index is 2.60. The molecule has 1 aromatic rings. The van der Waals surface area contributed by atoms with Crippen LogP contribution in [0, 0.1) is 0 Å². The summed E-state index contributed by atoms with van der Waals surface area (Å²) in [4.78, 5) is 24.0. The number of allylic oxidation sites excluding steroid dienone is 3. The number of hydrogen-bond donors (Lipinski definition) is 0. The topological polar surface area (TPSA) is 34.1 Å². The van der Waals surface area contributed by atoms with Crippen molar-refractivity contribution in [3.8, 4) is 0 Å². The third kappa shape index (κ3) is 6.86. The van der Waals surface area contributed by atoms with Crippen molar-refractivity contribution < 1.29 is 9.59 Å². The van der Waals surface area contributed by atoms with E-state index in [1.165, 1.54) is 6.08 Å². The van der Waals surface area contributed by atoms with Gasteiger partial charge >= 0.3 is 0 Å². The normalized spacial score (nSPS) is 12.3. The van der Waals surface area contributed by atoms with Gasteiger partial charge in [0.05, 0.1) is 0 Å². The molecule has 0 radical (unpaired) electrons. The molecule has 1 aromatic carbocycles. The lowest BCUT2D eigenvalue weighted by Gasteiger charge is -2.00. The SMILES string of the molecule is CCCCCC/C(Cl)=C\C(=O)C(=O)/C(C)=C/c1ccccc1. The van der Waals surface area contributed by atoms with E-state index in [1.807, 2.05) is 30.3 Å². The van der Waals surface area contributed by atoms with Crippen LogP contribution in [0.5, 0.6) is 0 Å². The molecular weight excluding hydrogens is 296 g/mol. The van der Waals surface area contributed by atoms with Crippen LogP contribution in [0.15, 0.2) is 47.0 Å². The van der Waals surface area contributed by atoms with E-state index in [0.29, 0.717) is 17.0 Å². The number of hydrogen-bond acceptors (Lipinski definition) is 2. The molecule has 0 N–H and O–H groups in total.